The van der Waals surface area contributed by atoms with Gasteiger partial charge in [0.1, 0.15) is 18.3 Å². The minimum absolute atomic E-state index is 0.0134. The average Bonchev–Trinajstić information content (AvgIpc) is 2.57. The molecule has 0 unspecified atom stereocenters. The number of aliphatic hydroxyl groups is 3. The smallest absolute Gasteiger partial charge is 0.250 e. The van der Waals surface area contributed by atoms with Gasteiger partial charge in [0.2, 0.25) is 5.91 Å². The predicted molar refractivity (Wildman–Crippen MR) is 83.3 cm³/mol. The van der Waals surface area contributed by atoms with Gasteiger partial charge in [-0.15, -0.1) is 0 Å². The summed E-state index contributed by atoms with van der Waals surface area (Å²) in [5, 5.41) is 29.2. The van der Waals surface area contributed by atoms with E-state index in [1.54, 1.807) is 0 Å². The second kappa shape index (κ2) is 7.85. The number of hydrogen-bond donors (Lipinski definition) is 5. The van der Waals surface area contributed by atoms with Crippen LogP contribution in [0.15, 0.2) is 12.3 Å². The van der Waals surface area contributed by atoms with Crippen LogP contribution in [0.5, 0.6) is 0 Å². The molecular formula is C15H21N3O7. The predicted octanol–water partition coefficient (Wildman–Crippen LogP) is -2.33. The Bertz CT molecular complexity index is 654. The van der Waals surface area contributed by atoms with Crippen LogP contribution in [-0.4, -0.2) is 69.4 Å². The molecule has 2 heterocycles. The molecule has 138 valence electrons. The molecule has 1 aromatic rings. The van der Waals surface area contributed by atoms with Gasteiger partial charge in [0.15, 0.2) is 6.29 Å². The summed E-state index contributed by atoms with van der Waals surface area (Å²) in [7, 11) is 0. The topological polar surface area (TPSA) is 178 Å². The van der Waals surface area contributed by atoms with E-state index in [1.165, 1.54) is 19.2 Å². The number of aliphatic hydroxyl groups excluding tert-OH is 3. The number of hydrogen-bond acceptors (Lipinski definition) is 8. The molecule has 0 aliphatic carbocycles. The molecule has 7 N–H and O–H groups in total. The number of carbonyl (C=O) groups is 2. The SMILES string of the molecule is C[C@@H]1O[C@@H](OCCc2ncc(C(N)=O)cc2C(N)=O)[C@@H](O)[C@H](O)[C@@H]1O. The van der Waals surface area contributed by atoms with Gasteiger partial charge in [-0.05, 0) is 13.0 Å². The lowest BCUT2D eigenvalue weighted by Gasteiger charge is -2.38. The van der Waals surface area contributed by atoms with Crippen LogP contribution in [0, 0.1) is 0 Å². The number of ether oxygens (including phenoxy) is 2. The molecule has 10 heteroatoms. The highest BCUT2D eigenvalue weighted by Gasteiger charge is 2.42. The van der Waals surface area contributed by atoms with Crippen molar-refractivity contribution in [1.29, 1.82) is 0 Å². The Morgan fingerprint density at radius 3 is 2.48 bits per heavy atom. The molecule has 25 heavy (non-hydrogen) atoms. The van der Waals surface area contributed by atoms with Crippen molar-refractivity contribution >= 4 is 11.8 Å². The zero-order valence-electron chi connectivity index (χ0n) is 13.5. The van der Waals surface area contributed by atoms with Crippen LogP contribution in [0.3, 0.4) is 0 Å². The molecule has 2 rings (SSSR count). The van der Waals surface area contributed by atoms with Crippen molar-refractivity contribution in [2.45, 2.75) is 44.1 Å². The van der Waals surface area contributed by atoms with E-state index in [4.69, 9.17) is 20.9 Å². The fraction of sp³-hybridized carbons (Fsp3) is 0.533. The van der Waals surface area contributed by atoms with E-state index in [1.807, 2.05) is 0 Å². The van der Waals surface area contributed by atoms with E-state index in [0.29, 0.717) is 0 Å². The zero-order valence-corrected chi connectivity index (χ0v) is 13.5. The van der Waals surface area contributed by atoms with Crippen LogP contribution in [0.1, 0.15) is 33.3 Å². The van der Waals surface area contributed by atoms with Crippen LogP contribution in [-0.2, 0) is 15.9 Å². The number of nitrogens with two attached hydrogens (primary N) is 2. The standard InChI is InChI=1S/C15H21N3O7/c1-6-10(19)11(20)12(21)15(25-6)24-3-2-9-8(14(17)23)4-7(5-18-9)13(16)22/h4-6,10-12,15,19-21H,2-3H2,1H3,(H2,16,22)(H2,17,23)/t6-,10+,11+,12-,15+/m0/s1. The summed E-state index contributed by atoms with van der Waals surface area (Å²) in [6, 6.07) is 1.25. The lowest BCUT2D eigenvalue weighted by molar-refractivity contribution is -0.292. The molecule has 0 aromatic carbocycles. The number of rotatable bonds is 6. The van der Waals surface area contributed by atoms with Gasteiger partial charge in [-0.3, -0.25) is 14.6 Å². The van der Waals surface area contributed by atoms with E-state index >= 15 is 0 Å². The molecule has 5 atom stereocenters. The lowest BCUT2D eigenvalue weighted by atomic mass is 10.00. The van der Waals surface area contributed by atoms with E-state index in [2.05, 4.69) is 4.98 Å². The molecule has 1 fully saturated rings. The Morgan fingerprint density at radius 2 is 1.88 bits per heavy atom. The number of amides is 2. The second-order valence-electron chi connectivity index (χ2n) is 5.75. The Labute approximate surface area is 143 Å². The van der Waals surface area contributed by atoms with Crippen molar-refractivity contribution in [1.82, 2.24) is 4.98 Å². The molecule has 1 aliphatic rings. The zero-order chi connectivity index (χ0) is 18.7. The van der Waals surface area contributed by atoms with Gasteiger partial charge >= 0.3 is 0 Å². The maximum atomic E-state index is 11.5. The van der Waals surface area contributed by atoms with Gasteiger partial charge in [0, 0.05) is 12.6 Å². The van der Waals surface area contributed by atoms with Crippen molar-refractivity contribution < 1.29 is 34.4 Å². The van der Waals surface area contributed by atoms with Crippen molar-refractivity contribution in [3.63, 3.8) is 0 Å². The Morgan fingerprint density at radius 1 is 1.20 bits per heavy atom. The first-order chi connectivity index (χ1) is 11.7. The van der Waals surface area contributed by atoms with E-state index in [9.17, 15) is 24.9 Å². The summed E-state index contributed by atoms with van der Waals surface area (Å²) >= 11 is 0. The first-order valence-corrected chi connectivity index (χ1v) is 7.62. The Balaban J connectivity index is 2.02. The van der Waals surface area contributed by atoms with Crippen LogP contribution < -0.4 is 11.5 Å². The lowest BCUT2D eigenvalue weighted by Crippen LogP contribution is -2.57. The highest BCUT2D eigenvalue weighted by Crippen LogP contribution is 2.22. The molecule has 0 radical (unpaired) electrons. The Hall–Kier alpha value is -2.11. The summed E-state index contributed by atoms with van der Waals surface area (Å²) in [5.41, 5.74) is 10.8. The highest BCUT2D eigenvalue weighted by atomic mass is 16.7. The largest absolute Gasteiger partial charge is 0.388 e. The van der Waals surface area contributed by atoms with Gasteiger partial charge in [0.05, 0.1) is 29.5 Å². The van der Waals surface area contributed by atoms with E-state index in [-0.39, 0.29) is 29.8 Å². The van der Waals surface area contributed by atoms with Crippen molar-refractivity contribution in [3.8, 4) is 0 Å². The summed E-state index contributed by atoms with van der Waals surface area (Å²) < 4.78 is 10.7. The third-order valence-corrected chi connectivity index (χ3v) is 3.95. The molecule has 0 bridgehead atoms. The van der Waals surface area contributed by atoms with E-state index in [0.717, 1.165) is 0 Å². The normalized spacial score (nSPS) is 29.4. The molecular weight excluding hydrogens is 334 g/mol. The number of pyridine rings is 1. The first kappa shape index (κ1) is 19.2. The number of carbonyl (C=O) groups excluding carboxylic acids is 2. The molecule has 0 spiro atoms. The van der Waals surface area contributed by atoms with Crippen molar-refractivity contribution in [2.75, 3.05) is 6.61 Å². The van der Waals surface area contributed by atoms with Gasteiger partial charge in [-0.25, -0.2) is 0 Å². The quantitative estimate of drug-likeness (QED) is 0.377. The minimum atomic E-state index is -1.42. The van der Waals surface area contributed by atoms with E-state index < -0.39 is 42.5 Å². The van der Waals surface area contributed by atoms with Crippen molar-refractivity contribution in [2.24, 2.45) is 11.5 Å². The third-order valence-electron chi connectivity index (χ3n) is 3.95. The summed E-state index contributed by atoms with van der Waals surface area (Å²) in [6.45, 7) is 1.52. The number of primary amides is 2. The number of aromatic nitrogens is 1. The van der Waals surface area contributed by atoms with Crippen molar-refractivity contribution in [3.05, 3.63) is 29.1 Å². The molecule has 10 nitrogen and oxygen atoms in total. The minimum Gasteiger partial charge on any atom is -0.388 e. The second-order valence-corrected chi connectivity index (χ2v) is 5.75. The Kier molecular flexibility index (Phi) is 6.03. The van der Waals surface area contributed by atoms with Gasteiger partial charge in [0.25, 0.3) is 5.91 Å². The van der Waals surface area contributed by atoms with Crippen LogP contribution >= 0.6 is 0 Å². The summed E-state index contributed by atoms with van der Waals surface area (Å²) in [5.74, 6) is -1.51. The highest BCUT2D eigenvalue weighted by molar-refractivity contribution is 5.98. The molecule has 1 aromatic heterocycles. The average molecular weight is 355 g/mol. The van der Waals surface area contributed by atoms with Crippen LogP contribution in [0.4, 0.5) is 0 Å². The van der Waals surface area contributed by atoms with Gasteiger partial charge in [-0.1, -0.05) is 0 Å². The molecule has 1 aliphatic heterocycles. The van der Waals surface area contributed by atoms with Gasteiger partial charge < -0.3 is 36.3 Å². The molecule has 2 amide bonds. The fourth-order valence-electron chi connectivity index (χ4n) is 2.46. The van der Waals surface area contributed by atoms with Crippen LogP contribution in [0.2, 0.25) is 0 Å². The fourth-order valence-corrected chi connectivity index (χ4v) is 2.46. The molecule has 0 saturated carbocycles. The maximum absolute atomic E-state index is 11.5. The number of nitrogens with zero attached hydrogens (tertiary/aromatic N) is 1. The summed E-state index contributed by atoms with van der Waals surface area (Å²) in [6.07, 6.45) is -4.56. The maximum Gasteiger partial charge on any atom is 0.250 e. The monoisotopic (exact) mass is 355 g/mol. The summed E-state index contributed by atoms with van der Waals surface area (Å²) in [4.78, 5) is 26.6. The first-order valence-electron chi connectivity index (χ1n) is 7.62. The van der Waals surface area contributed by atoms with Gasteiger partial charge in [-0.2, -0.15) is 0 Å². The van der Waals surface area contributed by atoms with Crippen LogP contribution in [0.25, 0.3) is 0 Å². The molecule has 1 saturated heterocycles. The third kappa shape index (κ3) is 4.30.